The molecule has 0 saturated carbocycles. The van der Waals surface area contributed by atoms with Crippen LogP contribution in [0.5, 0.6) is 0 Å². The molecule has 0 spiro atoms. The third kappa shape index (κ3) is 4.22. The molecule has 1 aliphatic heterocycles. The zero-order valence-corrected chi connectivity index (χ0v) is 19.5. The van der Waals surface area contributed by atoms with Gasteiger partial charge >= 0.3 is 0 Å². The van der Waals surface area contributed by atoms with Crippen molar-refractivity contribution in [3.63, 3.8) is 0 Å². The Bertz CT molecular complexity index is 1620. The number of halogens is 2. The van der Waals surface area contributed by atoms with E-state index in [2.05, 4.69) is 32.1 Å². The summed E-state index contributed by atoms with van der Waals surface area (Å²) < 4.78 is 28.2. The van der Waals surface area contributed by atoms with Crippen LogP contribution >= 0.6 is 0 Å². The number of amides is 1. The van der Waals surface area contributed by atoms with Crippen LogP contribution in [-0.4, -0.2) is 54.6 Å². The largest absolute Gasteiger partial charge is 0.340 e. The van der Waals surface area contributed by atoms with Gasteiger partial charge in [0.1, 0.15) is 11.5 Å². The average molecular weight is 498 g/mol. The van der Waals surface area contributed by atoms with Crippen LogP contribution in [0.15, 0.2) is 79.8 Å². The Morgan fingerprint density at radius 3 is 2.54 bits per heavy atom. The second-order valence-corrected chi connectivity index (χ2v) is 8.83. The maximum absolute atomic E-state index is 13.3. The van der Waals surface area contributed by atoms with E-state index in [1.165, 1.54) is 6.20 Å². The van der Waals surface area contributed by atoms with Crippen molar-refractivity contribution >= 4 is 34.5 Å². The number of anilines is 2. The van der Waals surface area contributed by atoms with Crippen molar-refractivity contribution in [1.29, 1.82) is 0 Å². The first-order valence-corrected chi connectivity index (χ1v) is 11.5. The van der Waals surface area contributed by atoms with Gasteiger partial charge in [-0.15, -0.1) is 0 Å². The van der Waals surface area contributed by atoms with Gasteiger partial charge in [0.05, 0.1) is 24.8 Å². The Morgan fingerprint density at radius 1 is 1.05 bits per heavy atom. The molecule has 37 heavy (non-hydrogen) atoms. The molecule has 184 valence electrons. The standard InChI is InChI=1S/C27H21F2N7O/c1-2-36-22-12-19(4-3-18(22)11-23(36)26(37)35-15-27(28,29)16-35)25-30-10-9-24(34-25)33-21-7-5-17(6-8-21)20-13-31-32-14-20/h2-14H,1,15-16H2,(H,31,32)(H,30,33,34). The zero-order valence-electron chi connectivity index (χ0n) is 19.5. The normalized spacial score (nSPS) is 14.4. The number of hydrogen-bond donors (Lipinski definition) is 2. The first kappa shape index (κ1) is 22.6. The van der Waals surface area contributed by atoms with Crippen molar-refractivity contribution in [1.82, 2.24) is 29.6 Å². The fourth-order valence-corrected chi connectivity index (χ4v) is 4.41. The van der Waals surface area contributed by atoms with Crippen molar-refractivity contribution in [2.24, 2.45) is 0 Å². The predicted molar refractivity (Wildman–Crippen MR) is 138 cm³/mol. The van der Waals surface area contributed by atoms with Gasteiger partial charge in [-0.1, -0.05) is 30.8 Å². The SMILES string of the molecule is C=Cn1c(C(=O)N2CC(F)(F)C2)cc2ccc(-c3nccc(Nc4ccc(-c5cn[nH]c5)cc4)n3)cc21. The fraction of sp³-hybridized carbons (Fsp3) is 0.111. The molecule has 4 heterocycles. The van der Waals surface area contributed by atoms with Crippen LogP contribution in [-0.2, 0) is 0 Å². The van der Waals surface area contributed by atoms with E-state index in [4.69, 9.17) is 0 Å². The van der Waals surface area contributed by atoms with Gasteiger partial charge in [0.15, 0.2) is 5.82 Å². The molecule has 10 heteroatoms. The molecular weight excluding hydrogens is 476 g/mol. The van der Waals surface area contributed by atoms with E-state index in [9.17, 15) is 13.6 Å². The second kappa shape index (κ2) is 8.66. The van der Waals surface area contributed by atoms with E-state index < -0.39 is 24.9 Å². The smallest absolute Gasteiger partial charge is 0.282 e. The predicted octanol–water partition coefficient (Wildman–Crippen LogP) is 5.42. The molecule has 2 aromatic carbocycles. The highest BCUT2D eigenvalue weighted by atomic mass is 19.3. The van der Waals surface area contributed by atoms with E-state index >= 15 is 0 Å². The number of benzene rings is 2. The summed E-state index contributed by atoms with van der Waals surface area (Å²) in [6, 6.07) is 16.9. The molecule has 0 radical (unpaired) electrons. The number of hydrogen-bond acceptors (Lipinski definition) is 5. The van der Waals surface area contributed by atoms with E-state index in [1.54, 1.807) is 29.1 Å². The summed E-state index contributed by atoms with van der Waals surface area (Å²) in [6.45, 7) is 2.66. The van der Waals surface area contributed by atoms with E-state index in [0.29, 0.717) is 17.2 Å². The molecule has 3 aromatic heterocycles. The Kier molecular flexibility index (Phi) is 5.29. The van der Waals surface area contributed by atoms with Crippen LogP contribution < -0.4 is 5.32 Å². The minimum Gasteiger partial charge on any atom is -0.340 e. The van der Waals surface area contributed by atoms with Crippen LogP contribution in [0.4, 0.5) is 20.3 Å². The van der Waals surface area contributed by atoms with Crippen molar-refractivity contribution < 1.29 is 13.6 Å². The highest BCUT2D eigenvalue weighted by molar-refractivity contribution is 6.01. The number of aromatic nitrogens is 5. The monoisotopic (exact) mass is 497 g/mol. The molecule has 0 bridgehead atoms. The first-order valence-electron chi connectivity index (χ1n) is 11.5. The number of H-pyrrole nitrogens is 1. The molecule has 0 unspecified atom stereocenters. The molecule has 0 atom stereocenters. The zero-order chi connectivity index (χ0) is 25.6. The van der Waals surface area contributed by atoms with Gasteiger partial charge in [0.2, 0.25) is 0 Å². The first-order chi connectivity index (χ1) is 17.9. The Morgan fingerprint density at radius 2 is 1.84 bits per heavy atom. The van der Waals surface area contributed by atoms with Crippen molar-refractivity contribution in [2.45, 2.75) is 5.92 Å². The van der Waals surface area contributed by atoms with Crippen LogP contribution in [0.2, 0.25) is 0 Å². The summed E-state index contributed by atoms with van der Waals surface area (Å²) in [6.07, 6.45) is 6.77. The van der Waals surface area contributed by atoms with Gasteiger partial charge in [-0.3, -0.25) is 9.89 Å². The van der Waals surface area contributed by atoms with Gasteiger partial charge < -0.3 is 14.8 Å². The van der Waals surface area contributed by atoms with Gasteiger partial charge in [-0.2, -0.15) is 5.10 Å². The Labute approximate surface area is 210 Å². The highest BCUT2D eigenvalue weighted by Crippen LogP contribution is 2.31. The van der Waals surface area contributed by atoms with Gasteiger partial charge in [0, 0.05) is 40.8 Å². The number of carbonyl (C=O) groups is 1. The van der Waals surface area contributed by atoms with Gasteiger partial charge in [-0.25, -0.2) is 18.7 Å². The molecule has 6 rings (SSSR count). The molecule has 5 aromatic rings. The maximum atomic E-state index is 13.3. The molecule has 1 aliphatic rings. The number of nitrogens with one attached hydrogen (secondary N) is 2. The van der Waals surface area contributed by atoms with Crippen molar-refractivity contribution in [2.75, 3.05) is 18.4 Å². The molecular formula is C27H21F2N7O. The number of carbonyl (C=O) groups excluding carboxylic acids is 1. The lowest BCUT2D eigenvalue weighted by Gasteiger charge is -2.38. The van der Waals surface area contributed by atoms with Crippen LogP contribution in [0.1, 0.15) is 10.5 Å². The summed E-state index contributed by atoms with van der Waals surface area (Å²) in [5, 5.41) is 10.9. The van der Waals surface area contributed by atoms with Crippen LogP contribution in [0, 0.1) is 0 Å². The molecule has 8 nitrogen and oxygen atoms in total. The molecule has 0 aliphatic carbocycles. The van der Waals surface area contributed by atoms with E-state index in [-0.39, 0.29) is 5.69 Å². The van der Waals surface area contributed by atoms with Gasteiger partial charge in [-0.05, 0) is 35.9 Å². The Hall–Kier alpha value is -4.86. The van der Waals surface area contributed by atoms with Crippen molar-refractivity contribution in [3.8, 4) is 22.5 Å². The summed E-state index contributed by atoms with van der Waals surface area (Å²) in [5.74, 6) is -2.17. The number of nitrogens with zero attached hydrogens (tertiary/aromatic N) is 5. The topological polar surface area (TPSA) is 91.7 Å². The van der Waals surface area contributed by atoms with Crippen molar-refractivity contribution in [3.05, 3.63) is 85.5 Å². The fourth-order valence-electron chi connectivity index (χ4n) is 4.41. The molecule has 1 fully saturated rings. The summed E-state index contributed by atoms with van der Waals surface area (Å²) in [5.41, 5.74) is 4.65. The van der Waals surface area contributed by atoms with E-state index in [0.717, 1.165) is 32.7 Å². The highest BCUT2D eigenvalue weighted by Gasteiger charge is 2.46. The average Bonchev–Trinajstić information content (AvgIpc) is 3.55. The molecule has 1 saturated heterocycles. The maximum Gasteiger partial charge on any atom is 0.282 e. The number of likely N-dealkylation sites (tertiary alicyclic amines) is 1. The number of aromatic amines is 1. The van der Waals surface area contributed by atoms with Crippen LogP contribution in [0.25, 0.3) is 39.6 Å². The Balaban J connectivity index is 1.26. The molecule has 2 N–H and O–H groups in total. The summed E-state index contributed by atoms with van der Waals surface area (Å²) in [4.78, 5) is 23.0. The van der Waals surface area contributed by atoms with Gasteiger partial charge in [0.25, 0.3) is 11.8 Å². The minimum absolute atomic E-state index is 0.285. The number of rotatable bonds is 6. The molecule has 1 amide bonds. The van der Waals surface area contributed by atoms with Crippen LogP contribution in [0.3, 0.4) is 0 Å². The third-order valence-electron chi connectivity index (χ3n) is 6.28. The summed E-state index contributed by atoms with van der Waals surface area (Å²) >= 11 is 0. The number of fused-ring (bicyclic) bond motifs is 1. The third-order valence-corrected chi connectivity index (χ3v) is 6.28. The lowest BCUT2D eigenvalue weighted by molar-refractivity contribution is -0.113. The van der Waals surface area contributed by atoms with E-state index in [1.807, 2.05) is 48.7 Å². The second-order valence-electron chi connectivity index (χ2n) is 8.83. The quantitative estimate of drug-likeness (QED) is 0.327. The lowest BCUT2D eigenvalue weighted by Crippen LogP contribution is -2.58. The minimum atomic E-state index is -2.83. The number of alkyl halides is 2. The summed E-state index contributed by atoms with van der Waals surface area (Å²) in [7, 11) is 0. The lowest BCUT2D eigenvalue weighted by atomic mass is 10.1.